The van der Waals surface area contributed by atoms with Crippen LogP contribution in [-0.2, 0) is 10.0 Å². The van der Waals surface area contributed by atoms with Gasteiger partial charge in [0.15, 0.2) is 0 Å². The highest BCUT2D eigenvalue weighted by molar-refractivity contribution is 7.89. The van der Waals surface area contributed by atoms with Gasteiger partial charge in [0.25, 0.3) is 0 Å². The number of carbonyl (C=O) groups is 1. The molecule has 0 bridgehead atoms. The second-order valence-electron chi connectivity index (χ2n) is 7.93. The molecule has 1 aliphatic heterocycles. The van der Waals surface area contributed by atoms with Gasteiger partial charge in [0.05, 0.1) is 4.90 Å². The molecule has 1 aromatic carbocycles. The van der Waals surface area contributed by atoms with E-state index >= 15 is 0 Å². The Bertz CT molecular complexity index is 1180. The summed E-state index contributed by atoms with van der Waals surface area (Å²) in [5.74, 6) is 0.134. The van der Waals surface area contributed by atoms with Gasteiger partial charge in [-0.3, -0.25) is 0 Å². The quantitative estimate of drug-likeness (QED) is 0.622. The molecule has 1 fully saturated rings. The predicted molar refractivity (Wildman–Crippen MR) is 115 cm³/mol. The van der Waals surface area contributed by atoms with E-state index in [2.05, 4.69) is 15.0 Å². The lowest BCUT2D eigenvalue weighted by atomic mass is 10.0. The molecule has 2 heterocycles. The number of carbonyl (C=O) groups excluding carboxylic acids is 1. The third kappa shape index (κ3) is 6.06. The van der Waals surface area contributed by atoms with E-state index < -0.39 is 28.2 Å². The zero-order chi connectivity index (χ0) is 24.3. The molecule has 34 heavy (non-hydrogen) atoms. The van der Waals surface area contributed by atoms with Crippen LogP contribution in [0.4, 0.5) is 18.0 Å². The summed E-state index contributed by atoms with van der Waals surface area (Å²) in [5.41, 5.74) is 1.37. The Balaban J connectivity index is 1.43. The van der Waals surface area contributed by atoms with Crippen molar-refractivity contribution < 1.29 is 35.9 Å². The minimum Gasteiger partial charge on any atom is -0.406 e. The molecule has 0 saturated heterocycles. The Morgan fingerprint density at radius 3 is 2.53 bits per heavy atom. The van der Waals surface area contributed by atoms with Crippen molar-refractivity contribution in [2.45, 2.75) is 30.5 Å². The number of ether oxygens (including phenoxy) is 2. The van der Waals surface area contributed by atoms with E-state index in [1.165, 1.54) is 10.5 Å². The fourth-order valence-corrected chi connectivity index (χ4v) is 4.85. The van der Waals surface area contributed by atoms with Gasteiger partial charge in [0.1, 0.15) is 5.75 Å². The lowest BCUT2D eigenvalue weighted by Crippen LogP contribution is -2.34. The number of pyridine rings is 1. The Kier molecular flexibility index (Phi) is 6.80. The van der Waals surface area contributed by atoms with Crippen LogP contribution in [0.15, 0.2) is 53.6 Å². The lowest BCUT2D eigenvalue weighted by molar-refractivity contribution is -0.274. The first kappa shape index (κ1) is 24.0. The number of aromatic nitrogens is 1. The Labute approximate surface area is 194 Å². The van der Waals surface area contributed by atoms with E-state index in [9.17, 15) is 26.4 Å². The summed E-state index contributed by atoms with van der Waals surface area (Å²) in [5, 5.41) is 2.71. The van der Waals surface area contributed by atoms with Crippen LogP contribution in [0.1, 0.15) is 24.8 Å². The molecule has 0 atom stereocenters. The largest absolute Gasteiger partial charge is 0.573 e. The molecule has 2 aliphatic rings. The molecule has 1 saturated carbocycles. The number of rotatable bonds is 7. The van der Waals surface area contributed by atoms with E-state index in [1.54, 1.807) is 18.2 Å². The second-order valence-corrected chi connectivity index (χ2v) is 9.87. The number of hydrogen-bond donors (Lipinski definition) is 1. The van der Waals surface area contributed by atoms with Crippen LogP contribution in [-0.4, -0.2) is 49.8 Å². The van der Waals surface area contributed by atoms with E-state index in [0.717, 1.165) is 42.7 Å². The van der Waals surface area contributed by atoms with Crippen molar-refractivity contribution in [1.82, 2.24) is 14.6 Å². The fourth-order valence-electron chi connectivity index (χ4n) is 3.47. The number of hydrogen-bond acceptors (Lipinski definition) is 6. The third-order valence-corrected chi connectivity index (χ3v) is 7.28. The van der Waals surface area contributed by atoms with Gasteiger partial charge >= 0.3 is 12.5 Å². The molecule has 8 nitrogen and oxygen atoms in total. The highest BCUT2D eigenvalue weighted by atomic mass is 32.2. The maximum absolute atomic E-state index is 12.9. The smallest absolute Gasteiger partial charge is 0.406 e. The molecule has 1 N–H and O–H groups in total. The molecule has 1 aliphatic carbocycles. The third-order valence-electron chi connectivity index (χ3n) is 5.41. The SMILES string of the molecule is O=C(NCC1CC1)Oc1ncccc1C1=CCN(S(=O)(=O)c2ccc(OC(F)(F)F)cc2)CC1. The Morgan fingerprint density at radius 1 is 1.18 bits per heavy atom. The molecule has 0 unspecified atom stereocenters. The predicted octanol–water partition coefficient (Wildman–Crippen LogP) is 3.96. The average molecular weight is 497 g/mol. The normalized spacial score (nSPS) is 17.1. The zero-order valence-electron chi connectivity index (χ0n) is 17.9. The fraction of sp³-hybridized carbons (Fsp3) is 0.364. The van der Waals surface area contributed by atoms with Gasteiger partial charge < -0.3 is 14.8 Å². The standard InChI is InChI=1S/C22H22F3N3O5S/c23-22(24,25)33-17-5-7-18(8-6-17)34(30,31)28-12-9-16(10-13-28)19-2-1-11-26-20(19)32-21(29)27-14-15-3-4-15/h1-2,5-9,11,15H,3-4,10,12-14H2,(H,27,29). The highest BCUT2D eigenvalue weighted by Crippen LogP contribution is 2.32. The van der Waals surface area contributed by atoms with Crippen molar-refractivity contribution in [3.8, 4) is 11.6 Å². The van der Waals surface area contributed by atoms with Gasteiger partial charge in [-0.05, 0) is 67.2 Å². The van der Waals surface area contributed by atoms with E-state index in [0.29, 0.717) is 24.4 Å². The minimum atomic E-state index is -4.86. The number of benzene rings is 1. The molecule has 0 radical (unpaired) electrons. The van der Waals surface area contributed by atoms with Crippen LogP contribution >= 0.6 is 0 Å². The molecule has 1 aromatic heterocycles. The van der Waals surface area contributed by atoms with Crippen LogP contribution in [0.3, 0.4) is 0 Å². The first-order chi connectivity index (χ1) is 16.1. The van der Waals surface area contributed by atoms with Gasteiger partial charge in [-0.25, -0.2) is 18.2 Å². The lowest BCUT2D eigenvalue weighted by Gasteiger charge is -2.26. The molecule has 0 spiro atoms. The van der Waals surface area contributed by atoms with Crippen molar-refractivity contribution in [2.75, 3.05) is 19.6 Å². The number of amides is 1. The number of sulfonamides is 1. The average Bonchev–Trinajstić information content (AvgIpc) is 3.62. The molecular weight excluding hydrogens is 475 g/mol. The molecule has 4 rings (SSSR count). The van der Waals surface area contributed by atoms with E-state index in [-0.39, 0.29) is 23.9 Å². The molecule has 1 amide bonds. The van der Waals surface area contributed by atoms with Crippen LogP contribution in [0, 0.1) is 5.92 Å². The number of nitrogens with one attached hydrogen (secondary N) is 1. The summed E-state index contributed by atoms with van der Waals surface area (Å²) < 4.78 is 73.2. The van der Waals surface area contributed by atoms with Crippen molar-refractivity contribution in [1.29, 1.82) is 0 Å². The minimum absolute atomic E-state index is 0.0423. The summed E-state index contributed by atoms with van der Waals surface area (Å²) in [6.07, 6.45) is 0.264. The van der Waals surface area contributed by atoms with Crippen molar-refractivity contribution in [2.24, 2.45) is 5.92 Å². The highest BCUT2D eigenvalue weighted by Gasteiger charge is 2.32. The first-order valence-electron chi connectivity index (χ1n) is 10.6. The van der Waals surface area contributed by atoms with E-state index in [1.807, 2.05) is 0 Å². The van der Waals surface area contributed by atoms with Gasteiger partial charge in [0, 0.05) is 31.4 Å². The van der Waals surface area contributed by atoms with Gasteiger partial charge in [-0.1, -0.05) is 6.08 Å². The maximum Gasteiger partial charge on any atom is 0.573 e. The van der Waals surface area contributed by atoms with Crippen molar-refractivity contribution >= 4 is 21.7 Å². The Hall–Kier alpha value is -3.12. The monoisotopic (exact) mass is 497 g/mol. The molecule has 12 heteroatoms. The topological polar surface area (TPSA) is 97.8 Å². The second kappa shape index (κ2) is 9.63. The van der Waals surface area contributed by atoms with Gasteiger partial charge in [-0.15, -0.1) is 13.2 Å². The van der Waals surface area contributed by atoms with E-state index in [4.69, 9.17) is 4.74 Å². The van der Waals surface area contributed by atoms with Crippen LogP contribution in [0.25, 0.3) is 5.57 Å². The molecule has 2 aromatic rings. The first-order valence-corrected chi connectivity index (χ1v) is 12.0. The van der Waals surface area contributed by atoms with Crippen LogP contribution in [0.2, 0.25) is 0 Å². The van der Waals surface area contributed by atoms with Crippen LogP contribution < -0.4 is 14.8 Å². The summed E-state index contributed by atoms with van der Waals surface area (Å²) in [6.45, 7) is 0.734. The summed E-state index contributed by atoms with van der Waals surface area (Å²) in [4.78, 5) is 16.1. The Morgan fingerprint density at radius 2 is 1.91 bits per heavy atom. The number of halogens is 3. The summed E-state index contributed by atoms with van der Waals surface area (Å²) in [6, 6.07) is 7.49. The van der Waals surface area contributed by atoms with Crippen molar-refractivity contribution in [3.63, 3.8) is 0 Å². The summed E-state index contributed by atoms with van der Waals surface area (Å²) >= 11 is 0. The maximum atomic E-state index is 12.9. The number of nitrogens with zero attached hydrogens (tertiary/aromatic N) is 2. The van der Waals surface area contributed by atoms with Crippen LogP contribution in [0.5, 0.6) is 11.6 Å². The molecular formula is C22H22F3N3O5S. The van der Waals surface area contributed by atoms with Crippen molar-refractivity contribution in [3.05, 3.63) is 54.2 Å². The van der Waals surface area contributed by atoms with Gasteiger partial charge in [0.2, 0.25) is 15.9 Å². The van der Waals surface area contributed by atoms with Gasteiger partial charge in [-0.2, -0.15) is 4.31 Å². The number of alkyl halides is 3. The summed E-state index contributed by atoms with van der Waals surface area (Å²) in [7, 11) is -3.93. The molecule has 182 valence electrons. The zero-order valence-corrected chi connectivity index (χ0v) is 18.7.